The standard InChI is InChI=1S/C11H18N2O3S/c1-11(2,3)6-8-13-17(15,16)9-5-4-7-12-10(9)14/h4-5,7,13H,6,8H2,1-3H3,(H,12,14). The summed E-state index contributed by atoms with van der Waals surface area (Å²) in [6.07, 6.45) is 2.10. The van der Waals surface area contributed by atoms with E-state index in [0.29, 0.717) is 13.0 Å². The lowest BCUT2D eigenvalue weighted by Crippen LogP contribution is -2.31. The molecule has 0 aliphatic rings. The second-order valence-electron chi connectivity index (χ2n) is 5.07. The third-order valence-corrected chi connectivity index (χ3v) is 3.72. The normalized spacial score (nSPS) is 12.6. The van der Waals surface area contributed by atoms with Crippen LogP contribution in [0.4, 0.5) is 0 Å². The van der Waals surface area contributed by atoms with Gasteiger partial charge in [0.15, 0.2) is 0 Å². The van der Waals surface area contributed by atoms with Crippen LogP contribution in [0.5, 0.6) is 0 Å². The molecule has 2 N–H and O–H groups in total. The van der Waals surface area contributed by atoms with Crippen LogP contribution >= 0.6 is 0 Å². The van der Waals surface area contributed by atoms with Crippen molar-refractivity contribution in [1.29, 1.82) is 0 Å². The number of sulfonamides is 1. The molecule has 1 heterocycles. The third-order valence-electron chi connectivity index (χ3n) is 2.24. The van der Waals surface area contributed by atoms with Crippen molar-refractivity contribution in [1.82, 2.24) is 9.71 Å². The van der Waals surface area contributed by atoms with Crippen molar-refractivity contribution in [3.05, 3.63) is 28.7 Å². The van der Waals surface area contributed by atoms with Crippen molar-refractivity contribution in [3.8, 4) is 0 Å². The molecule has 0 atom stereocenters. The summed E-state index contributed by atoms with van der Waals surface area (Å²) in [5.74, 6) is 0. The van der Waals surface area contributed by atoms with Gasteiger partial charge in [0.05, 0.1) is 0 Å². The molecule has 6 heteroatoms. The highest BCUT2D eigenvalue weighted by atomic mass is 32.2. The van der Waals surface area contributed by atoms with Crippen LogP contribution in [-0.2, 0) is 10.0 Å². The molecular weight excluding hydrogens is 240 g/mol. The average molecular weight is 258 g/mol. The number of aromatic amines is 1. The minimum atomic E-state index is -3.71. The summed E-state index contributed by atoms with van der Waals surface area (Å²) in [5.41, 5.74) is -0.554. The quantitative estimate of drug-likeness (QED) is 0.848. The second-order valence-corrected chi connectivity index (χ2v) is 6.81. The van der Waals surface area contributed by atoms with Gasteiger partial charge >= 0.3 is 0 Å². The fourth-order valence-electron chi connectivity index (χ4n) is 1.26. The lowest BCUT2D eigenvalue weighted by Gasteiger charge is -2.17. The van der Waals surface area contributed by atoms with E-state index in [2.05, 4.69) is 9.71 Å². The lowest BCUT2D eigenvalue weighted by atomic mass is 9.93. The number of H-pyrrole nitrogens is 1. The van der Waals surface area contributed by atoms with E-state index >= 15 is 0 Å². The Morgan fingerprint density at radius 3 is 2.53 bits per heavy atom. The smallest absolute Gasteiger partial charge is 0.268 e. The predicted molar refractivity (Wildman–Crippen MR) is 66.3 cm³/mol. The van der Waals surface area contributed by atoms with E-state index in [1.165, 1.54) is 18.3 Å². The maximum Gasteiger partial charge on any atom is 0.268 e. The van der Waals surface area contributed by atoms with Crippen LogP contribution in [0.2, 0.25) is 0 Å². The third kappa shape index (κ3) is 4.32. The monoisotopic (exact) mass is 258 g/mol. The van der Waals surface area contributed by atoms with E-state index in [0.717, 1.165) is 0 Å². The highest BCUT2D eigenvalue weighted by Gasteiger charge is 2.18. The van der Waals surface area contributed by atoms with Crippen molar-refractivity contribution < 1.29 is 8.42 Å². The van der Waals surface area contributed by atoms with Gasteiger partial charge in [0, 0.05) is 12.7 Å². The first-order valence-electron chi connectivity index (χ1n) is 5.40. The Hall–Kier alpha value is -1.14. The van der Waals surface area contributed by atoms with Gasteiger partial charge < -0.3 is 4.98 Å². The minimum Gasteiger partial charge on any atom is -0.328 e. The van der Waals surface area contributed by atoms with E-state index in [-0.39, 0.29) is 10.3 Å². The first-order valence-corrected chi connectivity index (χ1v) is 6.88. The zero-order chi connectivity index (χ0) is 13.1. The second kappa shape index (κ2) is 5.01. The number of pyridine rings is 1. The lowest BCUT2D eigenvalue weighted by molar-refractivity contribution is 0.378. The Kier molecular flexibility index (Phi) is 4.11. The number of hydrogen-bond acceptors (Lipinski definition) is 3. The predicted octanol–water partition coefficient (Wildman–Crippen LogP) is 1.09. The van der Waals surface area contributed by atoms with Gasteiger partial charge in [-0.15, -0.1) is 0 Å². The molecule has 1 rings (SSSR count). The molecule has 17 heavy (non-hydrogen) atoms. The highest BCUT2D eigenvalue weighted by Crippen LogP contribution is 2.17. The van der Waals surface area contributed by atoms with Crippen LogP contribution in [0, 0.1) is 5.41 Å². The van der Waals surface area contributed by atoms with Crippen molar-refractivity contribution in [2.24, 2.45) is 5.41 Å². The largest absolute Gasteiger partial charge is 0.328 e. The highest BCUT2D eigenvalue weighted by molar-refractivity contribution is 7.89. The number of aromatic nitrogens is 1. The van der Waals surface area contributed by atoms with Gasteiger partial charge in [0.25, 0.3) is 5.56 Å². The SMILES string of the molecule is CC(C)(C)CCNS(=O)(=O)c1ccc[nH]c1=O. The maximum absolute atomic E-state index is 11.8. The number of hydrogen-bond donors (Lipinski definition) is 2. The Morgan fingerprint density at radius 1 is 1.35 bits per heavy atom. The van der Waals surface area contributed by atoms with Gasteiger partial charge in [-0.2, -0.15) is 0 Å². The Bertz CT molecular complexity index is 526. The van der Waals surface area contributed by atoms with Gasteiger partial charge in [-0.25, -0.2) is 13.1 Å². The van der Waals surface area contributed by atoms with Crippen molar-refractivity contribution in [2.75, 3.05) is 6.54 Å². The molecule has 1 aromatic rings. The molecule has 0 saturated carbocycles. The zero-order valence-electron chi connectivity index (χ0n) is 10.3. The first kappa shape index (κ1) is 13.9. The number of rotatable bonds is 4. The molecule has 0 fully saturated rings. The fourth-order valence-corrected chi connectivity index (χ4v) is 2.34. The van der Waals surface area contributed by atoms with Crippen LogP contribution in [0.3, 0.4) is 0 Å². The first-order chi connectivity index (χ1) is 7.72. The topological polar surface area (TPSA) is 79.0 Å². The van der Waals surface area contributed by atoms with Gasteiger partial charge in [-0.1, -0.05) is 20.8 Å². The molecular formula is C11H18N2O3S. The van der Waals surface area contributed by atoms with Gasteiger partial charge in [0.2, 0.25) is 10.0 Å². The molecule has 0 amide bonds. The summed E-state index contributed by atoms with van der Waals surface area (Å²) in [6, 6.07) is 2.78. The van der Waals surface area contributed by atoms with Crippen LogP contribution in [0.25, 0.3) is 0 Å². The summed E-state index contributed by atoms with van der Waals surface area (Å²) in [6.45, 7) is 6.39. The zero-order valence-corrected chi connectivity index (χ0v) is 11.1. The van der Waals surface area contributed by atoms with Crippen molar-refractivity contribution in [3.63, 3.8) is 0 Å². The molecule has 0 spiro atoms. The molecule has 0 bridgehead atoms. The summed E-state index contributed by atoms with van der Waals surface area (Å²) in [7, 11) is -3.71. The van der Waals surface area contributed by atoms with Crippen LogP contribution in [0.1, 0.15) is 27.2 Å². The minimum absolute atomic E-state index is 0.0472. The van der Waals surface area contributed by atoms with Gasteiger partial charge in [0.1, 0.15) is 4.90 Å². The summed E-state index contributed by atoms with van der Waals surface area (Å²) < 4.78 is 26.0. The van der Waals surface area contributed by atoms with Crippen LogP contribution in [-0.4, -0.2) is 19.9 Å². The molecule has 96 valence electrons. The van der Waals surface area contributed by atoms with E-state index < -0.39 is 15.6 Å². The Morgan fingerprint density at radius 2 is 2.00 bits per heavy atom. The molecule has 5 nitrogen and oxygen atoms in total. The summed E-state index contributed by atoms with van der Waals surface area (Å²) in [4.78, 5) is 13.4. The van der Waals surface area contributed by atoms with Crippen LogP contribution < -0.4 is 10.3 Å². The van der Waals surface area contributed by atoms with Crippen LogP contribution in [0.15, 0.2) is 28.0 Å². The van der Waals surface area contributed by atoms with Gasteiger partial charge in [-0.05, 0) is 24.0 Å². The van der Waals surface area contributed by atoms with Gasteiger partial charge in [-0.3, -0.25) is 4.79 Å². The molecule has 0 radical (unpaired) electrons. The van der Waals surface area contributed by atoms with E-state index in [1.54, 1.807) is 0 Å². The summed E-state index contributed by atoms with van der Waals surface area (Å²) >= 11 is 0. The molecule has 0 aliphatic carbocycles. The van der Waals surface area contributed by atoms with E-state index in [4.69, 9.17) is 0 Å². The maximum atomic E-state index is 11.8. The molecule has 0 saturated heterocycles. The van der Waals surface area contributed by atoms with E-state index in [1.807, 2.05) is 20.8 Å². The van der Waals surface area contributed by atoms with Crippen molar-refractivity contribution in [2.45, 2.75) is 32.1 Å². The van der Waals surface area contributed by atoms with Crippen molar-refractivity contribution >= 4 is 10.0 Å². The molecule has 0 unspecified atom stereocenters. The fraction of sp³-hybridized carbons (Fsp3) is 0.545. The average Bonchev–Trinajstić information content (AvgIpc) is 2.15. The Balaban J connectivity index is 2.78. The number of nitrogens with one attached hydrogen (secondary N) is 2. The van der Waals surface area contributed by atoms with E-state index in [9.17, 15) is 13.2 Å². The molecule has 0 aliphatic heterocycles. The Labute approximate surface area is 101 Å². The molecule has 1 aromatic heterocycles. The molecule has 0 aromatic carbocycles. The summed E-state index contributed by atoms with van der Waals surface area (Å²) in [5, 5.41) is 0.